The first-order valence-electron chi connectivity index (χ1n) is 13.3. The van der Waals surface area contributed by atoms with Crippen molar-refractivity contribution in [3.05, 3.63) is 88.7 Å². The van der Waals surface area contributed by atoms with Gasteiger partial charge < -0.3 is 14.4 Å². The van der Waals surface area contributed by atoms with E-state index >= 15 is 0 Å². The number of ketones is 1. The number of ether oxygens (including phenoxy) is 2. The van der Waals surface area contributed by atoms with E-state index in [0.29, 0.717) is 17.9 Å². The maximum Gasteiger partial charge on any atom is 0.410 e. The molecule has 0 radical (unpaired) electrons. The van der Waals surface area contributed by atoms with Crippen molar-refractivity contribution in [2.24, 2.45) is 11.8 Å². The van der Waals surface area contributed by atoms with Gasteiger partial charge in [-0.2, -0.15) is 0 Å². The van der Waals surface area contributed by atoms with Gasteiger partial charge in [-0.1, -0.05) is 42.8 Å². The van der Waals surface area contributed by atoms with Crippen LogP contribution < -0.4 is 0 Å². The van der Waals surface area contributed by atoms with Crippen molar-refractivity contribution in [3.63, 3.8) is 0 Å². The van der Waals surface area contributed by atoms with Crippen molar-refractivity contribution in [2.75, 3.05) is 6.54 Å². The van der Waals surface area contributed by atoms with Crippen molar-refractivity contribution >= 4 is 29.4 Å². The Hall–Kier alpha value is -3.45. The Morgan fingerprint density at radius 1 is 1.08 bits per heavy atom. The zero-order valence-corrected chi connectivity index (χ0v) is 23.6. The fourth-order valence-corrected chi connectivity index (χ4v) is 5.23. The Kier molecular flexibility index (Phi) is 8.90. The number of hydrogen-bond acceptors (Lipinski definition) is 6. The Balaban J connectivity index is 1.66. The van der Waals surface area contributed by atoms with Crippen molar-refractivity contribution in [2.45, 2.75) is 64.7 Å². The molecule has 4 atom stereocenters. The van der Waals surface area contributed by atoms with Gasteiger partial charge in [-0.3, -0.25) is 9.78 Å². The van der Waals surface area contributed by atoms with Crippen LogP contribution in [0.5, 0.6) is 0 Å². The first-order chi connectivity index (χ1) is 18.5. The zero-order chi connectivity index (χ0) is 28.2. The third-order valence-corrected chi connectivity index (χ3v) is 7.28. The van der Waals surface area contributed by atoms with Crippen LogP contribution in [0.2, 0.25) is 5.02 Å². The van der Waals surface area contributed by atoms with E-state index in [1.165, 1.54) is 6.20 Å². The zero-order valence-electron chi connectivity index (χ0n) is 22.8. The van der Waals surface area contributed by atoms with Crippen LogP contribution in [-0.4, -0.2) is 52.0 Å². The summed E-state index contributed by atoms with van der Waals surface area (Å²) in [6.45, 7) is 7.83. The minimum atomic E-state index is -1.13. The van der Waals surface area contributed by atoms with Crippen LogP contribution in [0, 0.1) is 11.8 Å². The predicted molar refractivity (Wildman–Crippen MR) is 150 cm³/mol. The fraction of sp³-hybridized carbons (Fsp3) is 0.419. The lowest BCUT2D eigenvalue weighted by molar-refractivity contribution is -0.0168. The third-order valence-electron chi connectivity index (χ3n) is 7.03. The van der Waals surface area contributed by atoms with Gasteiger partial charge in [0, 0.05) is 23.7 Å². The number of piperidine rings is 1. The number of carbonyl (C=O) groups is 3. The molecule has 206 valence electrons. The molecule has 0 saturated carbocycles. The number of carbonyl (C=O) groups excluding carboxylic acids is 3. The molecule has 1 aliphatic heterocycles. The van der Waals surface area contributed by atoms with E-state index in [1.807, 2.05) is 26.8 Å². The number of halogens is 1. The molecule has 7 nitrogen and oxygen atoms in total. The molecule has 4 rings (SSSR count). The molecule has 0 spiro atoms. The Morgan fingerprint density at radius 3 is 2.46 bits per heavy atom. The topological polar surface area (TPSA) is 85.8 Å². The molecule has 1 fully saturated rings. The smallest absolute Gasteiger partial charge is 0.410 e. The first-order valence-corrected chi connectivity index (χ1v) is 13.7. The standard InChI is InChI=1S/C31H35ClN2O5/c1-20-9-5-6-10-24(20)26-17-14-22(19-34(26)30(37)39-31(2,3)4)28(27(35)25-11-7-8-18-33-25)38-29(36)21-12-15-23(32)16-13-21/h5-8,10-13,15-16,18,20,22,26,28H,9,14,17,19H2,1-4H3. The van der Waals surface area contributed by atoms with E-state index in [9.17, 15) is 14.4 Å². The monoisotopic (exact) mass is 550 g/mol. The molecule has 2 heterocycles. The molecule has 1 aromatic carbocycles. The maximum atomic E-state index is 13.7. The summed E-state index contributed by atoms with van der Waals surface area (Å²) >= 11 is 5.98. The summed E-state index contributed by atoms with van der Waals surface area (Å²) in [5, 5.41) is 0.486. The Labute approximate surface area is 234 Å². The number of benzene rings is 1. The number of hydrogen-bond donors (Lipinski definition) is 0. The summed E-state index contributed by atoms with van der Waals surface area (Å²) in [5.41, 5.74) is 0.952. The third kappa shape index (κ3) is 7.15. The van der Waals surface area contributed by atoms with Gasteiger partial charge in [0.15, 0.2) is 6.10 Å². The molecule has 39 heavy (non-hydrogen) atoms. The second-order valence-corrected chi connectivity index (χ2v) is 11.6. The van der Waals surface area contributed by atoms with Crippen molar-refractivity contribution < 1.29 is 23.9 Å². The lowest BCUT2D eigenvalue weighted by Crippen LogP contribution is -2.53. The number of aromatic nitrogens is 1. The summed E-state index contributed by atoms with van der Waals surface area (Å²) in [4.78, 5) is 46.2. The van der Waals surface area contributed by atoms with Crippen molar-refractivity contribution in [3.8, 4) is 0 Å². The van der Waals surface area contributed by atoms with Gasteiger partial charge in [0.05, 0.1) is 11.6 Å². The lowest BCUT2D eigenvalue weighted by atomic mass is 9.79. The summed E-state index contributed by atoms with van der Waals surface area (Å²) in [6, 6.07) is 11.2. The van der Waals surface area contributed by atoms with Crippen LogP contribution >= 0.6 is 11.6 Å². The lowest BCUT2D eigenvalue weighted by Gasteiger charge is -2.44. The highest BCUT2D eigenvalue weighted by atomic mass is 35.5. The van der Waals surface area contributed by atoms with E-state index < -0.39 is 35.5 Å². The van der Waals surface area contributed by atoms with E-state index in [4.69, 9.17) is 21.1 Å². The highest BCUT2D eigenvalue weighted by molar-refractivity contribution is 6.30. The normalized spacial score (nSPS) is 22.0. The molecule has 2 aromatic rings. The SMILES string of the molecule is CC1CC=CC=C1C1CCC(C(OC(=O)c2ccc(Cl)cc2)C(=O)c2ccccn2)CN1C(=O)OC(C)(C)C. The summed E-state index contributed by atoms with van der Waals surface area (Å²) in [6.07, 6.45) is 8.25. The van der Waals surface area contributed by atoms with Gasteiger partial charge in [0.2, 0.25) is 5.78 Å². The molecular formula is C31H35ClN2O5. The number of nitrogens with zero attached hydrogens (tertiary/aromatic N) is 2. The number of Topliss-reactive ketones (excluding diaryl/α,β-unsaturated/α-hetero) is 1. The van der Waals surface area contributed by atoms with Gasteiger partial charge >= 0.3 is 12.1 Å². The predicted octanol–water partition coefficient (Wildman–Crippen LogP) is 6.68. The van der Waals surface area contributed by atoms with E-state index in [1.54, 1.807) is 47.4 Å². The van der Waals surface area contributed by atoms with Crippen LogP contribution in [0.4, 0.5) is 4.79 Å². The van der Waals surface area contributed by atoms with Gasteiger partial charge in [0.1, 0.15) is 11.3 Å². The van der Waals surface area contributed by atoms with E-state index in [2.05, 4.69) is 24.1 Å². The van der Waals surface area contributed by atoms with Gasteiger partial charge in [-0.05, 0) is 87.9 Å². The molecule has 1 saturated heterocycles. The van der Waals surface area contributed by atoms with Crippen LogP contribution in [0.15, 0.2) is 72.5 Å². The molecule has 0 bridgehead atoms. The van der Waals surface area contributed by atoms with Gasteiger partial charge in [0.25, 0.3) is 0 Å². The summed E-state index contributed by atoms with van der Waals surface area (Å²) in [7, 11) is 0. The summed E-state index contributed by atoms with van der Waals surface area (Å²) < 4.78 is 11.7. The van der Waals surface area contributed by atoms with Crippen LogP contribution in [0.25, 0.3) is 0 Å². The second kappa shape index (κ2) is 12.2. The van der Waals surface area contributed by atoms with E-state index in [0.717, 1.165) is 12.0 Å². The number of likely N-dealkylation sites (tertiary alicyclic amines) is 1. The maximum absolute atomic E-state index is 13.7. The van der Waals surface area contributed by atoms with Gasteiger partial charge in [-0.25, -0.2) is 9.59 Å². The minimum absolute atomic E-state index is 0.173. The highest BCUT2D eigenvalue weighted by Crippen LogP contribution is 2.36. The van der Waals surface area contributed by atoms with Crippen molar-refractivity contribution in [1.82, 2.24) is 9.88 Å². The molecule has 2 aliphatic rings. The first kappa shape index (κ1) is 28.6. The molecule has 1 aromatic heterocycles. The molecule has 8 heteroatoms. The number of esters is 1. The molecule has 4 unspecified atom stereocenters. The Morgan fingerprint density at radius 2 is 1.82 bits per heavy atom. The number of amides is 1. The van der Waals surface area contributed by atoms with Crippen LogP contribution in [0.1, 0.15) is 67.8 Å². The fourth-order valence-electron chi connectivity index (χ4n) is 5.10. The molecular weight excluding hydrogens is 516 g/mol. The van der Waals surface area contributed by atoms with Crippen molar-refractivity contribution in [1.29, 1.82) is 0 Å². The number of pyridine rings is 1. The van der Waals surface area contributed by atoms with Gasteiger partial charge in [-0.15, -0.1) is 0 Å². The average Bonchev–Trinajstić information content (AvgIpc) is 2.91. The largest absolute Gasteiger partial charge is 0.450 e. The quantitative estimate of drug-likeness (QED) is 0.294. The molecule has 0 N–H and O–H groups in total. The minimum Gasteiger partial charge on any atom is -0.450 e. The highest BCUT2D eigenvalue weighted by Gasteiger charge is 2.43. The second-order valence-electron chi connectivity index (χ2n) is 11.1. The van der Waals surface area contributed by atoms with Crippen LogP contribution in [-0.2, 0) is 9.47 Å². The summed E-state index contributed by atoms with van der Waals surface area (Å²) in [5.74, 6) is -1.22. The van der Waals surface area contributed by atoms with E-state index in [-0.39, 0.29) is 29.8 Å². The average molecular weight is 551 g/mol. The number of allylic oxidation sites excluding steroid dienone is 3. The van der Waals surface area contributed by atoms with Crippen LogP contribution in [0.3, 0.4) is 0 Å². The molecule has 1 aliphatic carbocycles. The Bertz CT molecular complexity index is 1250. The number of rotatable bonds is 6. The molecule has 1 amide bonds.